The van der Waals surface area contributed by atoms with E-state index >= 15 is 0 Å². The lowest BCUT2D eigenvalue weighted by Crippen LogP contribution is -2.41. The molecular formula is C16H20N2O2. The smallest absolute Gasteiger partial charge is 0.233 e. The molecule has 1 saturated heterocycles. The van der Waals surface area contributed by atoms with Crippen LogP contribution in [0.4, 0.5) is 0 Å². The van der Waals surface area contributed by atoms with Crippen molar-refractivity contribution in [3.8, 4) is 0 Å². The third kappa shape index (κ3) is 2.20. The van der Waals surface area contributed by atoms with Gasteiger partial charge in [-0.1, -0.05) is 18.2 Å². The van der Waals surface area contributed by atoms with Crippen molar-refractivity contribution in [3.63, 3.8) is 0 Å². The Balaban J connectivity index is 1.84. The minimum absolute atomic E-state index is 0.122. The average molecular weight is 272 g/mol. The molecule has 4 nitrogen and oxygen atoms in total. The van der Waals surface area contributed by atoms with Gasteiger partial charge in [-0.05, 0) is 31.9 Å². The number of hydrogen-bond donors (Lipinski definition) is 1. The number of amides is 1. The van der Waals surface area contributed by atoms with Gasteiger partial charge in [-0.3, -0.25) is 4.79 Å². The molecule has 4 heteroatoms. The molecule has 0 aliphatic carbocycles. The van der Waals surface area contributed by atoms with Crippen molar-refractivity contribution < 1.29 is 9.21 Å². The first-order valence-electron chi connectivity index (χ1n) is 7.19. The summed E-state index contributed by atoms with van der Waals surface area (Å²) in [5.41, 5.74) is 6.58. The minimum Gasteiger partial charge on any atom is -0.460 e. The van der Waals surface area contributed by atoms with Gasteiger partial charge in [0.1, 0.15) is 11.3 Å². The zero-order valence-electron chi connectivity index (χ0n) is 11.7. The highest BCUT2D eigenvalue weighted by atomic mass is 16.3. The standard InChI is InChI=1S/C16H20N2O2/c1-11(16(19)18-8-4-6-13(18)10-17)15-9-12-5-2-3-7-14(12)20-15/h2-3,5,7,9,11,13H,4,6,8,10,17H2,1H3. The Morgan fingerprint density at radius 2 is 2.30 bits per heavy atom. The van der Waals surface area contributed by atoms with Crippen molar-refractivity contribution in [1.82, 2.24) is 4.90 Å². The predicted molar refractivity (Wildman–Crippen MR) is 78.4 cm³/mol. The van der Waals surface area contributed by atoms with Gasteiger partial charge in [0.2, 0.25) is 5.91 Å². The van der Waals surface area contributed by atoms with Gasteiger partial charge in [0.05, 0.1) is 5.92 Å². The molecule has 2 heterocycles. The number of hydrogen-bond acceptors (Lipinski definition) is 3. The zero-order chi connectivity index (χ0) is 14.1. The molecule has 1 aromatic carbocycles. The molecule has 2 unspecified atom stereocenters. The van der Waals surface area contributed by atoms with Crippen molar-refractivity contribution in [3.05, 3.63) is 36.1 Å². The van der Waals surface area contributed by atoms with E-state index in [0.29, 0.717) is 6.54 Å². The quantitative estimate of drug-likeness (QED) is 0.933. The van der Waals surface area contributed by atoms with Gasteiger partial charge in [0, 0.05) is 24.5 Å². The number of nitrogens with two attached hydrogens (primary N) is 1. The second-order valence-corrected chi connectivity index (χ2v) is 5.47. The maximum Gasteiger partial charge on any atom is 0.233 e. The Labute approximate surface area is 118 Å². The molecule has 3 rings (SSSR count). The van der Waals surface area contributed by atoms with Crippen LogP contribution in [0, 0.1) is 0 Å². The highest BCUT2D eigenvalue weighted by molar-refractivity contribution is 5.85. The Bertz CT molecular complexity index is 587. The topological polar surface area (TPSA) is 59.5 Å². The monoisotopic (exact) mass is 272 g/mol. The SMILES string of the molecule is CC(C(=O)N1CCCC1CN)c1cc2ccccc2o1. The molecule has 106 valence electrons. The Morgan fingerprint density at radius 1 is 1.50 bits per heavy atom. The molecule has 1 amide bonds. The first-order valence-corrected chi connectivity index (χ1v) is 7.19. The molecule has 2 aromatic rings. The van der Waals surface area contributed by atoms with Gasteiger partial charge in [-0.2, -0.15) is 0 Å². The van der Waals surface area contributed by atoms with E-state index in [1.54, 1.807) is 0 Å². The lowest BCUT2D eigenvalue weighted by atomic mass is 10.1. The molecule has 0 radical (unpaired) electrons. The van der Waals surface area contributed by atoms with Crippen molar-refractivity contribution >= 4 is 16.9 Å². The van der Waals surface area contributed by atoms with Crippen LogP contribution in [0.15, 0.2) is 34.7 Å². The van der Waals surface area contributed by atoms with Crippen LogP contribution in [0.2, 0.25) is 0 Å². The molecule has 2 N–H and O–H groups in total. The van der Waals surface area contributed by atoms with Crippen molar-refractivity contribution in [1.29, 1.82) is 0 Å². The fourth-order valence-electron chi connectivity index (χ4n) is 2.96. The number of rotatable bonds is 3. The molecule has 1 aliphatic rings. The third-order valence-electron chi connectivity index (χ3n) is 4.17. The summed E-state index contributed by atoms with van der Waals surface area (Å²) < 4.78 is 5.80. The predicted octanol–water partition coefficient (Wildman–Crippen LogP) is 2.49. The first-order chi connectivity index (χ1) is 9.70. The Hall–Kier alpha value is -1.81. The van der Waals surface area contributed by atoms with Crippen LogP contribution in [0.5, 0.6) is 0 Å². The third-order valence-corrected chi connectivity index (χ3v) is 4.17. The Morgan fingerprint density at radius 3 is 3.05 bits per heavy atom. The fraction of sp³-hybridized carbons (Fsp3) is 0.438. The maximum absolute atomic E-state index is 12.6. The van der Waals surface area contributed by atoms with Crippen molar-refractivity contribution in [2.75, 3.05) is 13.1 Å². The lowest BCUT2D eigenvalue weighted by Gasteiger charge is -2.25. The molecule has 2 atom stereocenters. The van der Waals surface area contributed by atoms with Crippen LogP contribution in [0.3, 0.4) is 0 Å². The van der Waals surface area contributed by atoms with Gasteiger partial charge in [-0.15, -0.1) is 0 Å². The van der Waals surface area contributed by atoms with Crippen LogP contribution < -0.4 is 5.73 Å². The summed E-state index contributed by atoms with van der Waals surface area (Å²) in [5.74, 6) is 0.602. The highest BCUT2D eigenvalue weighted by Crippen LogP contribution is 2.28. The molecule has 0 saturated carbocycles. The van der Waals surface area contributed by atoms with Crippen LogP contribution in [-0.4, -0.2) is 29.9 Å². The van der Waals surface area contributed by atoms with E-state index in [0.717, 1.165) is 36.1 Å². The maximum atomic E-state index is 12.6. The van der Waals surface area contributed by atoms with E-state index in [2.05, 4.69) is 0 Å². The van der Waals surface area contributed by atoms with Crippen molar-refractivity contribution in [2.24, 2.45) is 5.73 Å². The number of likely N-dealkylation sites (tertiary alicyclic amines) is 1. The van der Waals surface area contributed by atoms with Crippen molar-refractivity contribution in [2.45, 2.75) is 31.7 Å². The highest BCUT2D eigenvalue weighted by Gasteiger charge is 2.32. The molecular weight excluding hydrogens is 252 g/mol. The summed E-state index contributed by atoms with van der Waals surface area (Å²) >= 11 is 0. The summed E-state index contributed by atoms with van der Waals surface area (Å²) in [4.78, 5) is 14.5. The number of carbonyl (C=O) groups is 1. The van der Waals surface area contributed by atoms with E-state index < -0.39 is 0 Å². The molecule has 0 bridgehead atoms. The number of furan rings is 1. The summed E-state index contributed by atoms with van der Waals surface area (Å²) in [6.45, 7) is 3.26. The van der Waals surface area contributed by atoms with Crippen LogP contribution in [-0.2, 0) is 4.79 Å². The number of carbonyl (C=O) groups excluding carboxylic acids is 1. The first kappa shape index (κ1) is 13.2. The van der Waals surface area contributed by atoms with E-state index in [1.807, 2.05) is 42.2 Å². The molecule has 20 heavy (non-hydrogen) atoms. The summed E-state index contributed by atoms with van der Waals surface area (Å²) in [5, 5.41) is 1.04. The lowest BCUT2D eigenvalue weighted by molar-refractivity contribution is -0.133. The number of para-hydroxylation sites is 1. The van der Waals surface area contributed by atoms with E-state index in [9.17, 15) is 4.79 Å². The molecule has 0 spiro atoms. The molecule has 1 aromatic heterocycles. The van der Waals surface area contributed by atoms with Gasteiger partial charge < -0.3 is 15.1 Å². The number of fused-ring (bicyclic) bond motifs is 1. The number of benzene rings is 1. The minimum atomic E-state index is -0.255. The number of nitrogens with zero attached hydrogens (tertiary/aromatic N) is 1. The molecule has 1 aliphatic heterocycles. The van der Waals surface area contributed by atoms with Gasteiger partial charge in [-0.25, -0.2) is 0 Å². The van der Waals surface area contributed by atoms with Gasteiger partial charge in [0.15, 0.2) is 0 Å². The molecule has 1 fully saturated rings. The van der Waals surface area contributed by atoms with E-state index in [1.165, 1.54) is 0 Å². The second kappa shape index (κ2) is 5.29. The summed E-state index contributed by atoms with van der Waals surface area (Å²) in [6, 6.07) is 9.98. The van der Waals surface area contributed by atoms with Crippen LogP contribution in [0.1, 0.15) is 31.4 Å². The Kier molecular flexibility index (Phi) is 3.49. The largest absolute Gasteiger partial charge is 0.460 e. The second-order valence-electron chi connectivity index (χ2n) is 5.47. The van der Waals surface area contributed by atoms with Gasteiger partial charge in [0.25, 0.3) is 0 Å². The average Bonchev–Trinajstić information content (AvgIpc) is 3.11. The van der Waals surface area contributed by atoms with Crippen LogP contribution >= 0.6 is 0 Å². The fourth-order valence-corrected chi connectivity index (χ4v) is 2.96. The van der Waals surface area contributed by atoms with Crippen LogP contribution in [0.25, 0.3) is 11.0 Å². The normalized spacial score (nSPS) is 20.5. The van der Waals surface area contributed by atoms with Gasteiger partial charge >= 0.3 is 0 Å². The van der Waals surface area contributed by atoms with E-state index in [4.69, 9.17) is 10.2 Å². The van der Waals surface area contributed by atoms with E-state index in [-0.39, 0.29) is 17.9 Å². The zero-order valence-corrected chi connectivity index (χ0v) is 11.7. The summed E-state index contributed by atoms with van der Waals surface area (Å²) in [7, 11) is 0. The summed E-state index contributed by atoms with van der Waals surface area (Å²) in [6.07, 6.45) is 2.05.